The fraction of sp³-hybridized carbons (Fsp3) is 0.364. The Morgan fingerprint density at radius 2 is 2.19 bits per heavy atom. The lowest BCUT2D eigenvalue weighted by molar-refractivity contribution is -0.141. The number of carbonyl (C=O) groups excluding carboxylic acids is 1. The van der Waals surface area contributed by atoms with E-state index < -0.39 is 12.0 Å². The van der Waals surface area contributed by atoms with E-state index in [9.17, 15) is 9.90 Å². The van der Waals surface area contributed by atoms with Crippen LogP contribution in [0.4, 0.5) is 5.69 Å². The number of anilines is 1. The number of benzene rings is 1. The van der Waals surface area contributed by atoms with Crippen molar-refractivity contribution in [3.63, 3.8) is 0 Å². The van der Waals surface area contributed by atoms with Gasteiger partial charge in [-0.15, -0.1) is 0 Å². The monoisotopic (exact) mass is 224 g/mol. The molecule has 1 rings (SSSR count). The second kappa shape index (κ2) is 4.85. The molecule has 16 heavy (non-hydrogen) atoms. The van der Waals surface area contributed by atoms with Gasteiger partial charge in [-0.3, -0.25) is 4.79 Å². The molecule has 1 aromatic carbocycles. The molecule has 0 aromatic heterocycles. The molecule has 0 heterocycles. The largest absolute Gasteiger partial charge is 0.505 e. The molecule has 0 aliphatic heterocycles. The van der Waals surface area contributed by atoms with E-state index in [1.165, 1.54) is 7.11 Å². The van der Waals surface area contributed by atoms with Gasteiger partial charge in [-0.05, 0) is 18.6 Å². The van der Waals surface area contributed by atoms with Gasteiger partial charge >= 0.3 is 5.97 Å². The summed E-state index contributed by atoms with van der Waals surface area (Å²) in [5.41, 5.74) is 12.9. The lowest BCUT2D eigenvalue weighted by atomic mass is 9.97. The van der Waals surface area contributed by atoms with Crippen LogP contribution in [0.3, 0.4) is 0 Å². The fourth-order valence-corrected chi connectivity index (χ4v) is 1.56. The number of nitrogen functional groups attached to an aromatic ring is 1. The van der Waals surface area contributed by atoms with Crippen LogP contribution in [0.2, 0.25) is 0 Å². The minimum Gasteiger partial charge on any atom is -0.505 e. The summed E-state index contributed by atoms with van der Waals surface area (Å²) in [5, 5.41) is 9.78. The van der Waals surface area contributed by atoms with Crippen LogP contribution < -0.4 is 11.5 Å². The Bertz CT molecular complexity index is 404. The van der Waals surface area contributed by atoms with Crippen LogP contribution in [-0.4, -0.2) is 18.2 Å². The van der Waals surface area contributed by atoms with Crippen LogP contribution in [-0.2, 0) is 9.53 Å². The van der Waals surface area contributed by atoms with Crippen molar-refractivity contribution in [1.29, 1.82) is 0 Å². The minimum absolute atomic E-state index is 0.00829. The number of rotatable bonds is 3. The number of ether oxygens (including phenoxy) is 1. The highest BCUT2D eigenvalue weighted by Gasteiger charge is 2.18. The first-order chi connectivity index (χ1) is 7.47. The summed E-state index contributed by atoms with van der Waals surface area (Å²) < 4.78 is 4.52. The molecule has 5 heteroatoms. The molecule has 0 amide bonds. The molecule has 5 nitrogen and oxygen atoms in total. The number of nitrogens with two attached hydrogens (primary N) is 2. The molecule has 0 bridgehead atoms. The van der Waals surface area contributed by atoms with Gasteiger partial charge in [0.1, 0.15) is 5.75 Å². The highest BCUT2D eigenvalue weighted by molar-refractivity contribution is 5.71. The lowest BCUT2D eigenvalue weighted by Gasteiger charge is -2.16. The van der Waals surface area contributed by atoms with Crippen LogP contribution in [0.25, 0.3) is 0 Å². The molecule has 5 N–H and O–H groups in total. The number of aryl methyl sites for hydroxylation is 1. The summed E-state index contributed by atoms with van der Waals surface area (Å²) >= 11 is 0. The summed E-state index contributed by atoms with van der Waals surface area (Å²) in [4.78, 5) is 11.1. The first-order valence-corrected chi connectivity index (χ1v) is 4.87. The maximum atomic E-state index is 11.1. The van der Waals surface area contributed by atoms with Crippen LogP contribution in [0.15, 0.2) is 12.1 Å². The zero-order chi connectivity index (χ0) is 12.3. The Morgan fingerprint density at radius 1 is 1.56 bits per heavy atom. The van der Waals surface area contributed by atoms with Gasteiger partial charge in [0, 0.05) is 11.6 Å². The predicted octanol–water partition coefficient (Wildman–Crippen LogP) is 0.846. The molecule has 0 radical (unpaired) electrons. The molecular formula is C11H16N2O3. The third kappa shape index (κ3) is 2.43. The van der Waals surface area contributed by atoms with E-state index in [0.29, 0.717) is 5.56 Å². The fourth-order valence-electron chi connectivity index (χ4n) is 1.56. The van der Waals surface area contributed by atoms with Crippen molar-refractivity contribution in [3.8, 4) is 5.75 Å². The van der Waals surface area contributed by atoms with Gasteiger partial charge in [-0.1, -0.05) is 6.07 Å². The van der Waals surface area contributed by atoms with E-state index in [0.717, 1.165) is 5.56 Å². The Balaban J connectivity index is 3.03. The molecule has 0 spiro atoms. The Labute approximate surface area is 94.0 Å². The van der Waals surface area contributed by atoms with Gasteiger partial charge in [0.25, 0.3) is 0 Å². The van der Waals surface area contributed by atoms with Crippen molar-refractivity contribution in [2.75, 3.05) is 12.8 Å². The lowest BCUT2D eigenvalue weighted by Crippen LogP contribution is -2.17. The number of phenolic OH excluding ortho intramolecular Hbond substituents is 1. The first-order valence-electron chi connectivity index (χ1n) is 4.87. The highest BCUT2D eigenvalue weighted by Crippen LogP contribution is 2.33. The number of methoxy groups -OCH3 is 1. The van der Waals surface area contributed by atoms with Crippen molar-refractivity contribution in [2.45, 2.75) is 19.4 Å². The molecule has 88 valence electrons. The third-order valence-corrected chi connectivity index (χ3v) is 2.45. The van der Waals surface area contributed by atoms with E-state index >= 15 is 0 Å². The quantitative estimate of drug-likeness (QED) is 0.401. The van der Waals surface area contributed by atoms with Gasteiger partial charge in [0.15, 0.2) is 0 Å². The number of esters is 1. The maximum absolute atomic E-state index is 11.1. The number of carbonyl (C=O) groups is 1. The second-order valence-corrected chi connectivity index (χ2v) is 3.62. The topological polar surface area (TPSA) is 98.6 Å². The van der Waals surface area contributed by atoms with Crippen molar-refractivity contribution in [1.82, 2.24) is 0 Å². The maximum Gasteiger partial charge on any atom is 0.307 e. The third-order valence-electron chi connectivity index (χ3n) is 2.45. The highest BCUT2D eigenvalue weighted by atomic mass is 16.5. The molecule has 0 saturated carbocycles. The molecule has 1 aromatic rings. The van der Waals surface area contributed by atoms with Crippen LogP contribution in [0.5, 0.6) is 5.75 Å². The van der Waals surface area contributed by atoms with E-state index in [-0.39, 0.29) is 17.9 Å². The van der Waals surface area contributed by atoms with E-state index in [1.54, 1.807) is 19.1 Å². The molecule has 0 aliphatic carbocycles. The van der Waals surface area contributed by atoms with Gasteiger partial charge in [-0.2, -0.15) is 0 Å². The summed E-state index contributed by atoms with van der Waals surface area (Å²) in [6.45, 7) is 1.80. The summed E-state index contributed by atoms with van der Waals surface area (Å²) in [5.74, 6) is -0.481. The van der Waals surface area contributed by atoms with Gasteiger partial charge < -0.3 is 21.3 Å². The Hall–Kier alpha value is -1.75. The second-order valence-electron chi connectivity index (χ2n) is 3.62. The van der Waals surface area contributed by atoms with E-state index in [2.05, 4.69) is 4.74 Å². The van der Waals surface area contributed by atoms with Crippen LogP contribution in [0.1, 0.15) is 23.6 Å². The number of hydrogen-bond donors (Lipinski definition) is 3. The smallest absolute Gasteiger partial charge is 0.307 e. The number of hydrogen-bond acceptors (Lipinski definition) is 5. The minimum atomic E-state index is -0.615. The Morgan fingerprint density at radius 3 is 2.75 bits per heavy atom. The van der Waals surface area contributed by atoms with E-state index in [4.69, 9.17) is 11.5 Å². The van der Waals surface area contributed by atoms with Crippen LogP contribution >= 0.6 is 0 Å². The summed E-state index contributed by atoms with van der Waals surface area (Å²) in [7, 11) is 1.29. The predicted molar refractivity (Wildman–Crippen MR) is 60.8 cm³/mol. The average Bonchev–Trinajstić information content (AvgIpc) is 2.24. The normalized spacial score (nSPS) is 12.2. The van der Waals surface area contributed by atoms with Crippen molar-refractivity contribution < 1.29 is 14.6 Å². The van der Waals surface area contributed by atoms with Crippen molar-refractivity contribution in [3.05, 3.63) is 23.3 Å². The number of aromatic hydroxyl groups is 1. The molecule has 0 aliphatic rings. The molecule has 0 unspecified atom stereocenters. The number of phenols is 1. The molecule has 0 fully saturated rings. The van der Waals surface area contributed by atoms with Crippen LogP contribution in [0, 0.1) is 6.92 Å². The van der Waals surface area contributed by atoms with Gasteiger partial charge in [0.05, 0.1) is 19.2 Å². The molecule has 0 saturated heterocycles. The van der Waals surface area contributed by atoms with E-state index in [1.807, 2.05) is 0 Å². The SMILES string of the molecule is COC(=O)C[C@@H](N)c1c(C)ccc(N)c1O. The van der Waals surface area contributed by atoms with Crippen molar-refractivity contribution >= 4 is 11.7 Å². The Kier molecular flexibility index (Phi) is 3.73. The zero-order valence-corrected chi connectivity index (χ0v) is 9.36. The van der Waals surface area contributed by atoms with Gasteiger partial charge in [-0.25, -0.2) is 0 Å². The molecular weight excluding hydrogens is 208 g/mol. The first kappa shape index (κ1) is 12.3. The zero-order valence-electron chi connectivity index (χ0n) is 9.36. The van der Waals surface area contributed by atoms with Gasteiger partial charge in [0.2, 0.25) is 0 Å². The summed E-state index contributed by atoms with van der Waals surface area (Å²) in [6, 6.07) is 2.73. The van der Waals surface area contributed by atoms with Crippen molar-refractivity contribution in [2.24, 2.45) is 5.73 Å². The molecule has 1 atom stereocenters. The average molecular weight is 224 g/mol. The standard InChI is InChI=1S/C11H16N2O3/c1-6-3-4-7(12)11(15)10(6)8(13)5-9(14)16-2/h3-4,8,15H,5,12-13H2,1-2H3/t8-/m1/s1. The summed E-state index contributed by atoms with van der Waals surface area (Å²) in [6.07, 6.45) is 0.00829.